The van der Waals surface area contributed by atoms with Crippen molar-refractivity contribution in [2.24, 2.45) is 0 Å². The second kappa shape index (κ2) is 4.23. The fourth-order valence-corrected chi connectivity index (χ4v) is 2.11. The highest BCUT2D eigenvalue weighted by Gasteiger charge is 2.41. The minimum absolute atomic E-state index is 0.908. The number of rotatable bonds is 2. The summed E-state index contributed by atoms with van der Waals surface area (Å²) in [4.78, 5) is 0. The molecule has 0 aliphatic carbocycles. The number of hydrogen-bond acceptors (Lipinski definition) is 2. The fraction of sp³-hybridized carbons (Fsp3) is 1.00. The van der Waals surface area contributed by atoms with E-state index in [-0.39, 0.29) is 0 Å². The molecule has 0 aliphatic heterocycles. The maximum absolute atomic E-state index is 11.4. The third-order valence-corrected chi connectivity index (χ3v) is 2.47. The molecule has 0 N–H and O–H groups in total. The van der Waals surface area contributed by atoms with Gasteiger partial charge in [0.15, 0.2) is 0 Å². The highest BCUT2D eigenvalue weighted by atomic mass is 35.5. The molecule has 0 fully saturated rings. The van der Waals surface area contributed by atoms with Crippen molar-refractivity contribution < 1.29 is 26.3 Å². The second-order valence-electron chi connectivity index (χ2n) is 1.40. The van der Waals surface area contributed by atoms with Crippen molar-refractivity contribution in [1.82, 2.24) is 0 Å². The quantitative estimate of drug-likeness (QED) is 0.539. The van der Waals surface area contributed by atoms with Crippen LogP contribution < -0.4 is 0 Å². The van der Waals surface area contributed by atoms with Crippen LogP contribution in [0.1, 0.15) is 0 Å². The van der Waals surface area contributed by atoms with E-state index in [1.165, 1.54) is 0 Å². The Morgan fingerprint density at radius 2 is 1.08 bits per heavy atom. The first-order chi connectivity index (χ1) is 5.10. The zero-order chi connectivity index (χ0) is 9.99. The Labute approximate surface area is 77.2 Å². The Bertz CT molecular complexity index is 127. The van der Waals surface area contributed by atoms with Gasteiger partial charge < -0.3 is 0 Å². The van der Waals surface area contributed by atoms with Gasteiger partial charge in [0.25, 0.3) is 0 Å². The maximum Gasteiger partial charge on any atom is 0.434 e. The summed E-state index contributed by atoms with van der Waals surface area (Å²) in [6.07, 6.45) is 0. The van der Waals surface area contributed by atoms with Gasteiger partial charge in [-0.1, -0.05) is 23.2 Å². The molecule has 0 saturated heterocycles. The lowest BCUT2D eigenvalue weighted by molar-refractivity contribution is -0.0314. The van der Waals surface area contributed by atoms with E-state index in [1.54, 1.807) is 0 Å². The van der Waals surface area contributed by atoms with E-state index in [0.29, 0.717) is 0 Å². The van der Waals surface area contributed by atoms with Crippen LogP contribution in [0.2, 0.25) is 0 Å². The van der Waals surface area contributed by atoms with E-state index in [2.05, 4.69) is 0 Å². The van der Waals surface area contributed by atoms with Crippen LogP contribution in [0.4, 0.5) is 26.3 Å². The van der Waals surface area contributed by atoms with Crippen LogP contribution in [0, 0.1) is 0 Å². The first kappa shape index (κ1) is 12.6. The van der Waals surface area contributed by atoms with Crippen molar-refractivity contribution in [3.05, 3.63) is 0 Å². The summed E-state index contributed by atoms with van der Waals surface area (Å²) in [6, 6.07) is 0. The van der Waals surface area contributed by atoms with E-state index in [4.69, 9.17) is 11.5 Å². The molecule has 0 aliphatic rings. The van der Waals surface area contributed by atoms with Gasteiger partial charge in [0.2, 0.25) is 0 Å². The van der Waals surface area contributed by atoms with Crippen molar-refractivity contribution in [1.29, 1.82) is 0 Å². The van der Waals surface area contributed by atoms with Gasteiger partial charge in [-0.2, -0.15) is 37.8 Å². The van der Waals surface area contributed by atoms with Gasteiger partial charge in [-0.25, -0.2) is 0 Å². The van der Waals surface area contributed by atoms with Crippen LogP contribution in [0.5, 0.6) is 0 Å². The Kier molecular flexibility index (Phi) is 4.46. The Morgan fingerprint density at radius 1 is 0.833 bits per heavy atom. The van der Waals surface area contributed by atoms with Crippen LogP contribution in [-0.4, -0.2) is 15.7 Å². The van der Waals surface area contributed by atoms with Gasteiger partial charge in [-0.3, -0.25) is 0 Å². The van der Waals surface area contributed by atoms with Crippen molar-refractivity contribution in [2.45, 2.75) is 11.0 Å². The molecule has 0 saturated carbocycles. The van der Waals surface area contributed by atoms with Gasteiger partial charge in [-0.05, 0) is 0 Å². The van der Waals surface area contributed by atoms with Gasteiger partial charge >= 0.3 is 15.7 Å². The fourth-order valence-electron chi connectivity index (χ4n) is 0.234. The average Bonchev–Trinajstić information content (AvgIpc) is 1.49. The van der Waals surface area contributed by atoms with Gasteiger partial charge in [0.05, 0.1) is 0 Å². The molecule has 72 valence electrons. The molecule has 0 bridgehead atoms. The number of alkyl halides is 6. The second-order valence-corrected chi connectivity index (χ2v) is 4.99. The molecule has 0 rings (SSSR count). The highest BCUT2D eigenvalue weighted by Crippen LogP contribution is 2.43. The Morgan fingerprint density at radius 3 is 1.25 bits per heavy atom. The minimum atomic E-state index is -4.75. The van der Waals surface area contributed by atoms with Crippen molar-refractivity contribution in [3.8, 4) is 0 Å². The lowest BCUT2D eigenvalue weighted by Crippen LogP contribution is -2.13. The van der Waals surface area contributed by atoms with Crippen molar-refractivity contribution in [3.63, 3.8) is 0 Å². The topological polar surface area (TPSA) is 0 Å². The van der Waals surface area contributed by atoms with Crippen LogP contribution in [0.25, 0.3) is 0 Å². The summed E-state index contributed by atoms with van der Waals surface area (Å²) < 4.78 is 66.2. The highest BCUT2D eigenvalue weighted by molar-refractivity contribution is 8.59. The van der Waals surface area contributed by atoms with Gasteiger partial charge in [-0.15, -0.1) is 0 Å². The van der Waals surface area contributed by atoms with E-state index >= 15 is 0 Å². The molecule has 0 atom stereocenters. The first-order valence-corrected chi connectivity index (χ1v) is 4.43. The first-order valence-electron chi connectivity index (χ1n) is 2.23. The molecule has 0 aromatic carbocycles. The SMILES string of the molecule is FC(F)(F)SB(Cl)SC(F)(F)F. The summed E-state index contributed by atoms with van der Waals surface area (Å²) in [5.41, 5.74) is -9.49. The zero-order valence-corrected chi connectivity index (χ0v) is 7.43. The molecule has 0 amide bonds. The molecular formula is C2BClF6S2. The lowest BCUT2D eigenvalue weighted by Gasteiger charge is -2.10. The third kappa shape index (κ3) is 8.73. The van der Waals surface area contributed by atoms with Crippen molar-refractivity contribution >= 4 is 39.4 Å². The third-order valence-electron chi connectivity index (χ3n) is 0.453. The molecular weight excluding hydrogens is 248 g/mol. The van der Waals surface area contributed by atoms with Crippen LogP contribution in [0.15, 0.2) is 0 Å². The Balaban J connectivity index is 3.83. The smallest absolute Gasteiger partial charge is 0.162 e. The molecule has 10 heteroatoms. The normalized spacial score (nSPS) is 13.2. The Hall–Kier alpha value is 0.635. The minimum Gasteiger partial charge on any atom is -0.162 e. The molecule has 0 aromatic rings. The van der Waals surface area contributed by atoms with Crippen molar-refractivity contribution in [2.75, 3.05) is 0 Å². The summed E-state index contributed by atoms with van der Waals surface area (Å²) in [7, 11) is 0. The summed E-state index contributed by atoms with van der Waals surface area (Å²) >= 11 is 2.92. The van der Waals surface area contributed by atoms with E-state index < -0.39 is 38.9 Å². The standard InChI is InChI=1S/C2BClF6S2/c4-3(11-1(5,6)7)12-2(8,9)10. The average molecular weight is 248 g/mol. The zero-order valence-electron chi connectivity index (χ0n) is 5.04. The van der Waals surface area contributed by atoms with Crippen LogP contribution in [0.3, 0.4) is 0 Å². The van der Waals surface area contributed by atoms with Crippen LogP contribution in [-0.2, 0) is 0 Å². The van der Waals surface area contributed by atoms with Gasteiger partial charge in [0, 0.05) is 0 Å². The summed E-state index contributed by atoms with van der Waals surface area (Å²) in [5, 5.41) is 0. The summed E-state index contributed by atoms with van der Waals surface area (Å²) in [6.45, 7) is 0. The molecule has 0 unspecified atom stereocenters. The number of halogens is 7. The maximum atomic E-state index is 11.4. The molecule has 0 nitrogen and oxygen atoms in total. The van der Waals surface area contributed by atoms with Crippen LogP contribution >= 0.6 is 34.7 Å². The van der Waals surface area contributed by atoms with E-state index in [1.807, 2.05) is 0 Å². The predicted molar refractivity (Wildman–Crippen MR) is 38.9 cm³/mol. The monoisotopic (exact) mass is 248 g/mol. The lowest BCUT2D eigenvalue weighted by atomic mass is 10.7. The van der Waals surface area contributed by atoms with E-state index in [0.717, 1.165) is 0 Å². The molecule has 0 heterocycles. The predicted octanol–water partition coefficient (Wildman–Crippen LogP) is 3.72. The molecule has 0 radical (unpaired) electrons. The molecule has 0 spiro atoms. The van der Waals surface area contributed by atoms with Gasteiger partial charge in [0.1, 0.15) is 0 Å². The van der Waals surface area contributed by atoms with E-state index in [9.17, 15) is 26.3 Å². The molecule has 12 heavy (non-hydrogen) atoms. The number of hydrogen-bond donors (Lipinski definition) is 0. The largest absolute Gasteiger partial charge is 0.434 e. The summed E-state index contributed by atoms with van der Waals surface area (Å²) in [5.74, 6) is 0. The molecule has 0 aromatic heterocycles.